The highest BCUT2D eigenvalue weighted by molar-refractivity contribution is 5.13. The molecule has 0 N–H and O–H groups in total. The third-order valence-electron chi connectivity index (χ3n) is 3.65. The van der Waals surface area contributed by atoms with E-state index in [4.69, 9.17) is 4.74 Å². The monoisotopic (exact) mass is 257 g/mol. The molecule has 1 aliphatic rings. The van der Waals surface area contributed by atoms with Crippen molar-refractivity contribution < 1.29 is 4.74 Å². The summed E-state index contributed by atoms with van der Waals surface area (Å²) in [6.07, 6.45) is 6.50. The Labute approximate surface area is 116 Å². The standard InChI is InChI=1S/C17H23NO/c1-3-12-18-13-8-11-17(16(18)4-2)19-14-15-9-6-5-7-10-15/h3-7,9-10,16-17H,1-2,8,11-14H2/t16-,17+/m0/s1. The Morgan fingerprint density at radius 1 is 1.26 bits per heavy atom. The van der Waals surface area contributed by atoms with Gasteiger partial charge >= 0.3 is 0 Å². The smallest absolute Gasteiger partial charge is 0.0771 e. The summed E-state index contributed by atoms with van der Waals surface area (Å²) in [4.78, 5) is 2.39. The van der Waals surface area contributed by atoms with Crippen LogP contribution in [0.25, 0.3) is 0 Å². The van der Waals surface area contributed by atoms with E-state index >= 15 is 0 Å². The molecular weight excluding hydrogens is 234 g/mol. The molecule has 0 aliphatic carbocycles. The van der Waals surface area contributed by atoms with E-state index < -0.39 is 0 Å². The third kappa shape index (κ3) is 3.79. The molecule has 0 spiro atoms. The average molecular weight is 257 g/mol. The minimum Gasteiger partial charge on any atom is -0.372 e. The number of hydrogen-bond acceptors (Lipinski definition) is 2. The Morgan fingerprint density at radius 3 is 2.74 bits per heavy atom. The van der Waals surface area contributed by atoms with Crippen molar-refractivity contribution in [1.29, 1.82) is 0 Å². The van der Waals surface area contributed by atoms with Crippen molar-refractivity contribution in [2.75, 3.05) is 13.1 Å². The van der Waals surface area contributed by atoms with Gasteiger partial charge in [-0.15, -0.1) is 13.2 Å². The number of rotatable bonds is 6. The van der Waals surface area contributed by atoms with Gasteiger partial charge in [-0.1, -0.05) is 42.5 Å². The van der Waals surface area contributed by atoms with Gasteiger partial charge in [-0.25, -0.2) is 0 Å². The first-order valence-electron chi connectivity index (χ1n) is 6.98. The first-order chi connectivity index (χ1) is 9.35. The van der Waals surface area contributed by atoms with E-state index in [0.717, 1.165) is 19.5 Å². The molecule has 19 heavy (non-hydrogen) atoms. The molecular formula is C17H23NO. The lowest BCUT2D eigenvalue weighted by atomic mass is 9.98. The summed E-state index contributed by atoms with van der Waals surface area (Å²) >= 11 is 0. The van der Waals surface area contributed by atoms with Crippen LogP contribution >= 0.6 is 0 Å². The maximum absolute atomic E-state index is 6.10. The summed E-state index contributed by atoms with van der Waals surface area (Å²) < 4.78 is 6.10. The molecule has 1 fully saturated rings. The second-order valence-corrected chi connectivity index (χ2v) is 4.99. The number of likely N-dealkylation sites (tertiary alicyclic amines) is 1. The maximum atomic E-state index is 6.10. The third-order valence-corrected chi connectivity index (χ3v) is 3.65. The van der Waals surface area contributed by atoms with E-state index in [-0.39, 0.29) is 6.10 Å². The van der Waals surface area contributed by atoms with Gasteiger partial charge in [0.05, 0.1) is 18.8 Å². The van der Waals surface area contributed by atoms with Gasteiger partial charge in [0, 0.05) is 6.54 Å². The van der Waals surface area contributed by atoms with E-state index in [9.17, 15) is 0 Å². The molecule has 102 valence electrons. The molecule has 0 unspecified atom stereocenters. The fourth-order valence-corrected chi connectivity index (χ4v) is 2.69. The Hall–Kier alpha value is -1.38. The summed E-state index contributed by atoms with van der Waals surface area (Å²) in [6, 6.07) is 10.6. The SMILES string of the molecule is C=CCN1CCC[C@@H](OCc2ccccc2)[C@@H]1C=C. The van der Waals surface area contributed by atoms with Crippen LogP contribution in [-0.4, -0.2) is 30.1 Å². The molecule has 2 atom stereocenters. The van der Waals surface area contributed by atoms with Crippen LogP contribution in [0.5, 0.6) is 0 Å². The van der Waals surface area contributed by atoms with Gasteiger partial charge in [0.15, 0.2) is 0 Å². The van der Waals surface area contributed by atoms with E-state index in [0.29, 0.717) is 12.6 Å². The number of piperidine rings is 1. The summed E-state index contributed by atoms with van der Waals surface area (Å²) in [5, 5.41) is 0. The Morgan fingerprint density at radius 2 is 2.05 bits per heavy atom. The van der Waals surface area contributed by atoms with Crippen LogP contribution in [-0.2, 0) is 11.3 Å². The minimum absolute atomic E-state index is 0.242. The normalized spacial score (nSPS) is 24.0. The first kappa shape index (κ1) is 14.0. The highest BCUT2D eigenvalue weighted by Gasteiger charge is 2.28. The molecule has 1 aliphatic heterocycles. The van der Waals surface area contributed by atoms with Gasteiger partial charge in [-0.2, -0.15) is 0 Å². The molecule has 2 nitrogen and oxygen atoms in total. The number of nitrogens with zero attached hydrogens (tertiary/aromatic N) is 1. The van der Waals surface area contributed by atoms with Crippen LogP contribution in [0, 0.1) is 0 Å². The Bertz CT molecular complexity index is 401. The van der Waals surface area contributed by atoms with Gasteiger partial charge in [-0.3, -0.25) is 4.90 Å². The zero-order valence-electron chi connectivity index (χ0n) is 11.5. The quantitative estimate of drug-likeness (QED) is 0.724. The summed E-state index contributed by atoms with van der Waals surface area (Å²) in [5.74, 6) is 0. The second-order valence-electron chi connectivity index (χ2n) is 4.99. The number of benzene rings is 1. The van der Waals surface area contributed by atoms with Crippen molar-refractivity contribution in [3.8, 4) is 0 Å². The largest absolute Gasteiger partial charge is 0.372 e. The van der Waals surface area contributed by atoms with Crippen molar-refractivity contribution in [2.24, 2.45) is 0 Å². The fraction of sp³-hybridized carbons (Fsp3) is 0.412. The highest BCUT2D eigenvalue weighted by Crippen LogP contribution is 2.22. The molecule has 1 heterocycles. The molecule has 0 bridgehead atoms. The lowest BCUT2D eigenvalue weighted by Gasteiger charge is -2.39. The molecule has 2 rings (SSSR count). The predicted octanol–water partition coefficient (Wildman–Crippen LogP) is 3.41. The van der Waals surface area contributed by atoms with Crippen molar-refractivity contribution in [1.82, 2.24) is 4.90 Å². The topological polar surface area (TPSA) is 12.5 Å². The maximum Gasteiger partial charge on any atom is 0.0771 e. The van der Waals surface area contributed by atoms with E-state index in [1.165, 1.54) is 12.0 Å². The Kier molecular flexibility index (Phi) is 5.37. The van der Waals surface area contributed by atoms with Crippen molar-refractivity contribution in [3.05, 3.63) is 61.2 Å². The summed E-state index contributed by atoms with van der Waals surface area (Å²) in [7, 11) is 0. The first-order valence-corrected chi connectivity index (χ1v) is 6.98. The summed E-state index contributed by atoms with van der Waals surface area (Å²) in [6.45, 7) is 10.5. The Balaban J connectivity index is 1.94. The molecule has 0 amide bonds. The van der Waals surface area contributed by atoms with Crippen LogP contribution in [0.4, 0.5) is 0 Å². The van der Waals surface area contributed by atoms with Crippen molar-refractivity contribution >= 4 is 0 Å². The van der Waals surface area contributed by atoms with Gasteiger partial charge in [0.25, 0.3) is 0 Å². The number of hydrogen-bond donors (Lipinski definition) is 0. The van der Waals surface area contributed by atoms with E-state index in [1.807, 2.05) is 18.2 Å². The minimum atomic E-state index is 0.242. The molecule has 0 radical (unpaired) electrons. The zero-order valence-corrected chi connectivity index (χ0v) is 11.5. The highest BCUT2D eigenvalue weighted by atomic mass is 16.5. The second kappa shape index (κ2) is 7.27. The van der Waals surface area contributed by atoms with Crippen LogP contribution in [0.3, 0.4) is 0 Å². The molecule has 1 aromatic carbocycles. The predicted molar refractivity (Wildman–Crippen MR) is 80.0 cm³/mol. The summed E-state index contributed by atoms with van der Waals surface area (Å²) in [5.41, 5.74) is 1.23. The van der Waals surface area contributed by atoms with Crippen LogP contribution in [0.15, 0.2) is 55.6 Å². The molecule has 1 saturated heterocycles. The molecule has 0 aromatic heterocycles. The lowest BCUT2D eigenvalue weighted by molar-refractivity contribution is -0.0317. The van der Waals surface area contributed by atoms with Crippen LogP contribution in [0.1, 0.15) is 18.4 Å². The van der Waals surface area contributed by atoms with E-state index in [2.05, 4.69) is 42.3 Å². The fourth-order valence-electron chi connectivity index (χ4n) is 2.69. The van der Waals surface area contributed by atoms with Gasteiger partial charge < -0.3 is 4.74 Å². The number of ether oxygens (including phenoxy) is 1. The van der Waals surface area contributed by atoms with Crippen LogP contribution < -0.4 is 0 Å². The van der Waals surface area contributed by atoms with Crippen molar-refractivity contribution in [3.63, 3.8) is 0 Å². The molecule has 1 aromatic rings. The van der Waals surface area contributed by atoms with E-state index in [1.54, 1.807) is 0 Å². The van der Waals surface area contributed by atoms with Crippen LogP contribution in [0.2, 0.25) is 0 Å². The molecule has 2 heteroatoms. The van der Waals surface area contributed by atoms with Gasteiger partial charge in [0.2, 0.25) is 0 Å². The zero-order chi connectivity index (χ0) is 13.5. The van der Waals surface area contributed by atoms with Gasteiger partial charge in [0.1, 0.15) is 0 Å². The lowest BCUT2D eigenvalue weighted by Crippen LogP contribution is -2.47. The van der Waals surface area contributed by atoms with Gasteiger partial charge in [-0.05, 0) is 24.9 Å². The average Bonchev–Trinajstić information content (AvgIpc) is 2.46. The van der Waals surface area contributed by atoms with Crippen molar-refractivity contribution in [2.45, 2.75) is 31.6 Å². The molecule has 0 saturated carbocycles.